The van der Waals surface area contributed by atoms with E-state index in [1.165, 1.54) is 33.7 Å². The van der Waals surface area contributed by atoms with Crippen LogP contribution in [0.1, 0.15) is 0 Å². The van der Waals surface area contributed by atoms with E-state index in [1.807, 2.05) is 6.20 Å². The minimum absolute atomic E-state index is 0.291. The summed E-state index contributed by atoms with van der Waals surface area (Å²) in [7, 11) is 0. The van der Waals surface area contributed by atoms with Crippen molar-refractivity contribution < 1.29 is 4.39 Å². The molecule has 5 heteroatoms. The molecular formula is C62H39FN4. The number of rotatable bonds is 7. The van der Waals surface area contributed by atoms with Crippen LogP contribution in [0.4, 0.5) is 38.5 Å². The van der Waals surface area contributed by atoms with Crippen molar-refractivity contribution in [1.29, 1.82) is 0 Å². The van der Waals surface area contributed by atoms with Gasteiger partial charge in [-0.1, -0.05) is 146 Å². The zero-order chi connectivity index (χ0) is 44.4. The second kappa shape index (κ2) is 15.7. The van der Waals surface area contributed by atoms with E-state index < -0.39 is 0 Å². The van der Waals surface area contributed by atoms with Crippen LogP contribution in [-0.2, 0) is 0 Å². The van der Waals surface area contributed by atoms with Crippen LogP contribution in [-0.4, -0.2) is 9.97 Å². The van der Waals surface area contributed by atoms with Gasteiger partial charge in [0.2, 0.25) is 0 Å². The van der Waals surface area contributed by atoms with Crippen molar-refractivity contribution in [2.24, 2.45) is 0 Å². The third-order valence-corrected chi connectivity index (χ3v) is 13.2. The van der Waals surface area contributed by atoms with E-state index in [9.17, 15) is 4.39 Å². The molecule has 0 saturated carbocycles. The van der Waals surface area contributed by atoms with E-state index in [2.05, 4.69) is 216 Å². The summed E-state index contributed by atoms with van der Waals surface area (Å²) in [6.45, 7) is 0. The fourth-order valence-corrected chi connectivity index (χ4v) is 10.2. The van der Waals surface area contributed by atoms with Crippen LogP contribution in [0.25, 0.3) is 86.9 Å². The molecule has 0 radical (unpaired) electrons. The van der Waals surface area contributed by atoms with Crippen molar-refractivity contribution in [3.8, 4) is 11.3 Å². The second-order valence-corrected chi connectivity index (χ2v) is 17.1. The number of halogens is 1. The highest BCUT2D eigenvalue weighted by Gasteiger charge is 2.23. The van der Waals surface area contributed by atoms with Crippen molar-refractivity contribution in [1.82, 2.24) is 9.97 Å². The van der Waals surface area contributed by atoms with Crippen molar-refractivity contribution in [3.63, 3.8) is 0 Å². The van der Waals surface area contributed by atoms with E-state index in [0.717, 1.165) is 93.8 Å². The standard InChI is InChI=1S/C62H39FN4/c63-45-29-27-40(28-30-45)58-39-64-59-54-33-31-48(66(46-19-3-1-4-20-46)61-50-23-11-7-15-41(50)35-42-16-8-12-24-51(42)61)37-56(54)57-38-49(32-34-55(57)60(59)65-58)67(47-21-5-2-6-22-47)62-52-25-13-9-17-43(52)36-44-18-10-14-26-53(44)62/h1-39H. The van der Waals surface area contributed by atoms with Crippen LogP contribution in [0.3, 0.4) is 0 Å². The van der Waals surface area contributed by atoms with E-state index in [1.54, 1.807) is 12.1 Å². The van der Waals surface area contributed by atoms with E-state index in [4.69, 9.17) is 9.97 Å². The van der Waals surface area contributed by atoms with Gasteiger partial charge in [0.1, 0.15) is 5.82 Å². The minimum Gasteiger partial charge on any atom is -0.309 e. The normalized spacial score (nSPS) is 11.7. The molecule has 0 aliphatic carbocycles. The number of hydrogen-bond donors (Lipinski definition) is 0. The summed E-state index contributed by atoms with van der Waals surface area (Å²) in [4.78, 5) is 15.3. The van der Waals surface area contributed by atoms with Gasteiger partial charge >= 0.3 is 0 Å². The molecule has 0 fully saturated rings. The number of fused-ring (bicyclic) bond motifs is 10. The van der Waals surface area contributed by atoms with Crippen LogP contribution in [0, 0.1) is 5.82 Å². The largest absolute Gasteiger partial charge is 0.309 e. The summed E-state index contributed by atoms with van der Waals surface area (Å²) in [5.41, 5.74) is 9.42. The van der Waals surface area contributed by atoms with Gasteiger partial charge in [-0.2, -0.15) is 0 Å². The Labute approximate surface area is 386 Å². The van der Waals surface area contributed by atoms with Gasteiger partial charge in [0, 0.05) is 60.6 Å². The van der Waals surface area contributed by atoms with Crippen molar-refractivity contribution >= 4 is 110 Å². The highest BCUT2D eigenvalue weighted by Crippen LogP contribution is 2.48. The highest BCUT2D eigenvalue weighted by molar-refractivity contribution is 6.25. The fraction of sp³-hybridized carbons (Fsp3) is 0. The van der Waals surface area contributed by atoms with Gasteiger partial charge in [-0.25, -0.2) is 9.37 Å². The van der Waals surface area contributed by atoms with Gasteiger partial charge in [-0.15, -0.1) is 0 Å². The predicted octanol–water partition coefficient (Wildman–Crippen LogP) is 17.3. The summed E-state index contributed by atoms with van der Waals surface area (Å²) in [6, 6.07) is 80.5. The zero-order valence-electron chi connectivity index (χ0n) is 36.2. The number of benzene rings is 12. The average molecular weight is 859 g/mol. The number of nitrogens with zero attached hydrogens (tertiary/aromatic N) is 4. The molecular weight excluding hydrogens is 820 g/mol. The number of para-hydroxylation sites is 2. The molecule has 13 rings (SSSR count). The molecule has 4 nitrogen and oxygen atoms in total. The topological polar surface area (TPSA) is 32.3 Å². The lowest BCUT2D eigenvalue weighted by molar-refractivity contribution is 0.628. The molecule has 0 amide bonds. The van der Waals surface area contributed by atoms with Crippen LogP contribution in [0.15, 0.2) is 237 Å². The molecule has 0 unspecified atom stereocenters. The van der Waals surface area contributed by atoms with Crippen molar-refractivity contribution in [2.45, 2.75) is 0 Å². The summed E-state index contributed by atoms with van der Waals surface area (Å²) in [5.74, 6) is -0.291. The molecule has 1 heterocycles. The maximum absolute atomic E-state index is 14.2. The minimum atomic E-state index is -0.291. The molecule has 0 N–H and O–H groups in total. The van der Waals surface area contributed by atoms with Crippen molar-refractivity contribution in [3.05, 3.63) is 243 Å². The van der Waals surface area contributed by atoms with Gasteiger partial charge in [0.05, 0.1) is 34.3 Å². The predicted molar refractivity (Wildman–Crippen MR) is 279 cm³/mol. The highest BCUT2D eigenvalue weighted by atomic mass is 19.1. The lowest BCUT2D eigenvalue weighted by Gasteiger charge is -2.29. The first-order chi connectivity index (χ1) is 33.1. The van der Waals surface area contributed by atoms with Crippen LogP contribution < -0.4 is 9.80 Å². The Balaban J connectivity index is 1.13. The Bertz CT molecular complexity index is 3950. The molecule has 0 aliphatic rings. The number of anilines is 6. The Morgan fingerprint density at radius 3 is 1.16 bits per heavy atom. The smallest absolute Gasteiger partial charge is 0.123 e. The fourth-order valence-electron chi connectivity index (χ4n) is 10.2. The molecule has 0 spiro atoms. The van der Waals surface area contributed by atoms with Crippen LogP contribution in [0.2, 0.25) is 0 Å². The van der Waals surface area contributed by atoms with Gasteiger partial charge in [0.25, 0.3) is 0 Å². The Morgan fingerprint density at radius 1 is 0.313 bits per heavy atom. The van der Waals surface area contributed by atoms with Crippen molar-refractivity contribution in [2.75, 3.05) is 9.80 Å². The second-order valence-electron chi connectivity index (χ2n) is 17.1. The maximum atomic E-state index is 14.2. The zero-order valence-corrected chi connectivity index (χ0v) is 36.2. The summed E-state index contributed by atoms with van der Waals surface area (Å²) < 4.78 is 14.2. The average Bonchev–Trinajstić information content (AvgIpc) is 3.39. The quantitative estimate of drug-likeness (QED) is 0.118. The monoisotopic (exact) mass is 858 g/mol. The van der Waals surface area contributed by atoms with Crippen LogP contribution >= 0.6 is 0 Å². The Hall–Kier alpha value is -8.93. The number of aromatic nitrogens is 2. The number of hydrogen-bond acceptors (Lipinski definition) is 4. The van der Waals surface area contributed by atoms with E-state index in [0.29, 0.717) is 5.69 Å². The summed E-state index contributed by atoms with van der Waals surface area (Å²) >= 11 is 0. The molecule has 0 atom stereocenters. The molecule has 314 valence electrons. The first-order valence-electron chi connectivity index (χ1n) is 22.6. The SMILES string of the molecule is Fc1ccc(-c2cnc3c4ccc(N(c5ccccc5)c5c6ccccc6cc6ccccc56)cc4c4cc(N(c5ccccc5)c5c6ccccc6cc6ccccc56)ccc4c3n2)cc1. The molecule has 0 saturated heterocycles. The van der Waals surface area contributed by atoms with Crippen LogP contribution in [0.5, 0.6) is 0 Å². The lowest BCUT2D eigenvalue weighted by atomic mass is 9.95. The third kappa shape index (κ3) is 6.43. The Morgan fingerprint density at radius 2 is 0.716 bits per heavy atom. The van der Waals surface area contributed by atoms with E-state index >= 15 is 0 Å². The molecule has 67 heavy (non-hydrogen) atoms. The van der Waals surface area contributed by atoms with Gasteiger partial charge in [-0.05, 0) is 117 Å². The summed E-state index contributed by atoms with van der Waals surface area (Å²) in [5, 5.41) is 13.4. The third-order valence-electron chi connectivity index (χ3n) is 13.2. The molecule has 12 aromatic carbocycles. The first-order valence-corrected chi connectivity index (χ1v) is 22.6. The molecule has 0 bridgehead atoms. The summed E-state index contributed by atoms with van der Waals surface area (Å²) in [6.07, 6.45) is 1.81. The maximum Gasteiger partial charge on any atom is 0.123 e. The van der Waals surface area contributed by atoms with Gasteiger partial charge in [0.15, 0.2) is 0 Å². The van der Waals surface area contributed by atoms with Gasteiger partial charge in [-0.3, -0.25) is 4.98 Å². The van der Waals surface area contributed by atoms with Gasteiger partial charge < -0.3 is 9.80 Å². The molecule has 13 aromatic rings. The molecule has 0 aliphatic heterocycles. The molecule has 1 aromatic heterocycles. The lowest BCUT2D eigenvalue weighted by Crippen LogP contribution is -2.11. The first kappa shape index (κ1) is 38.5. The van der Waals surface area contributed by atoms with E-state index in [-0.39, 0.29) is 5.82 Å². The Kier molecular flexibility index (Phi) is 9.00.